The van der Waals surface area contributed by atoms with Crippen LogP contribution in [0.2, 0.25) is 5.02 Å². The van der Waals surface area contributed by atoms with Crippen molar-refractivity contribution in [2.45, 2.75) is 26.3 Å². The summed E-state index contributed by atoms with van der Waals surface area (Å²) in [5, 5.41) is 1.27. The van der Waals surface area contributed by atoms with Gasteiger partial charge in [-0.1, -0.05) is 23.4 Å². The highest BCUT2D eigenvalue weighted by molar-refractivity contribution is 8.14. The molecule has 0 aliphatic carbocycles. The van der Waals surface area contributed by atoms with Gasteiger partial charge in [0.2, 0.25) is 5.91 Å². The molecule has 1 amide bonds. The SMILES string of the molecule is COc1ccc(C(C)=O)cc1CC(=O)N(C1=N[C@@H](C)CS1)c1ccc(Cl)cc1. The summed E-state index contributed by atoms with van der Waals surface area (Å²) in [7, 11) is 1.55. The first-order valence-corrected chi connectivity index (χ1v) is 10.2. The first-order valence-electron chi connectivity index (χ1n) is 8.86. The number of hydrogen-bond acceptors (Lipinski definition) is 5. The number of amidine groups is 1. The third-order valence-electron chi connectivity index (χ3n) is 4.34. The number of carbonyl (C=O) groups is 2. The number of carbonyl (C=O) groups excluding carboxylic acids is 2. The lowest BCUT2D eigenvalue weighted by atomic mass is 10.0. The molecule has 1 atom stereocenters. The van der Waals surface area contributed by atoms with Gasteiger partial charge in [-0.25, -0.2) is 0 Å². The minimum Gasteiger partial charge on any atom is -0.496 e. The summed E-state index contributed by atoms with van der Waals surface area (Å²) < 4.78 is 5.39. The van der Waals surface area contributed by atoms with Crippen molar-refractivity contribution < 1.29 is 14.3 Å². The number of hydrogen-bond donors (Lipinski definition) is 0. The van der Waals surface area contributed by atoms with Crippen molar-refractivity contribution in [1.29, 1.82) is 0 Å². The molecular formula is C21H21ClN2O3S. The summed E-state index contributed by atoms with van der Waals surface area (Å²) in [6, 6.07) is 12.4. The number of rotatable bonds is 5. The lowest BCUT2D eigenvalue weighted by Gasteiger charge is -2.23. The molecule has 2 aromatic carbocycles. The predicted molar refractivity (Wildman–Crippen MR) is 115 cm³/mol. The zero-order valence-electron chi connectivity index (χ0n) is 15.9. The highest BCUT2D eigenvalue weighted by atomic mass is 35.5. The molecule has 5 nitrogen and oxygen atoms in total. The van der Waals surface area contributed by atoms with E-state index in [4.69, 9.17) is 16.3 Å². The van der Waals surface area contributed by atoms with Crippen LogP contribution in [0.4, 0.5) is 5.69 Å². The largest absolute Gasteiger partial charge is 0.496 e. The van der Waals surface area contributed by atoms with E-state index in [2.05, 4.69) is 4.99 Å². The maximum Gasteiger partial charge on any atom is 0.237 e. The van der Waals surface area contributed by atoms with E-state index in [0.717, 1.165) is 5.75 Å². The number of ether oxygens (including phenoxy) is 1. The number of benzene rings is 2. The second-order valence-corrected chi connectivity index (χ2v) is 7.96. The fraction of sp³-hybridized carbons (Fsp3) is 0.286. The van der Waals surface area contributed by atoms with Gasteiger partial charge < -0.3 is 4.74 Å². The van der Waals surface area contributed by atoms with Crippen molar-refractivity contribution in [2.75, 3.05) is 17.8 Å². The lowest BCUT2D eigenvalue weighted by molar-refractivity contribution is -0.117. The molecule has 0 saturated carbocycles. The Morgan fingerprint density at radius 1 is 1.25 bits per heavy atom. The fourth-order valence-corrected chi connectivity index (χ4v) is 4.09. The van der Waals surface area contributed by atoms with Gasteiger partial charge >= 0.3 is 0 Å². The number of amides is 1. The Kier molecular flexibility index (Phi) is 6.42. The number of anilines is 1. The second kappa shape index (κ2) is 8.80. The van der Waals surface area contributed by atoms with Crippen LogP contribution >= 0.6 is 23.4 Å². The van der Waals surface area contributed by atoms with Crippen molar-refractivity contribution in [2.24, 2.45) is 4.99 Å². The molecule has 7 heteroatoms. The summed E-state index contributed by atoms with van der Waals surface area (Å²) in [4.78, 5) is 31.3. The average Bonchev–Trinajstić information content (AvgIpc) is 3.09. The smallest absolute Gasteiger partial charge is 0.237 e. The first-order chi connectivity index (χ1) is 13.4. The summed E-state index contributed by atoms with van der Waals surface area (Å²) in [6.07, 6.45) is 0.0842. The minimum absolute atomic E-state index is 0.0598. The van der Waals surface area contributed by atoms with Gasteiger partial charge in [-0.05, 0) is 56.3 Å². The number of halogens is 1. The van der Waals surface area contributed by atoms with E-state index in [9.17, 15) is 9.59 Å². The number of nitrogens with zero attached hydrogens (tertiary/aromatic N) is 2. The van der Waals surface area contributed by atoms with Crippen LogP contribution in [0.25, 0.3) is 0 Å². The third kappa shape index (κ3) is 4.56. The van der Waals surface area contributed by atoms with E-state index in [1.54, 1.807) is 66.2 Å². The number of methoxy groups -OCH3 is 1. The molecule has 0 saturated heterocycles. The maximum absolute atomic E-state index is 13.3. The van der Waals surface area contributed by atoms with Gasteiger partial charge in [0, 0.05) is 21.9 Å². The van der Waals surface area contributed by atoms with Gasteiger partial charge in [0.05, 0.1) is 25.3 Å². The molecule has 0 N–H and O–H groups in total. The Bertz CT molecular complexity index is 928. The van der Waals surface area contributed by atoms with Gasteiger partial charge in [-0.3, -0.25) is 19.5 Å². The van der Waals surface area contributed by atoms with Gasteiger partial charge in [0.15, 0.2) is 11.0 Å². The Morgan fingerprint density at radius 2 is 1.96 bits per heavy atom. The van der Waals surface area contributed by atoms with Crippen LogP contribution in [0.1, 0.15) is 29.8 Å². The van der Waals surface area contributed by atoms with Gasteiger partial charge in [-0.15, -0.1) is 0 Å². The number of aliphatic imine (C=N–C) groups is 1. The van der Waals surface area contributed by atoms with Crippen molar-refractivity contribution in [3.63, 3.8) is 0 Å². The molecule has 3 rings (SSSR count). The minimum atomic E-state index is -0.151. The van der Waals surface area contributed by atoms with Crippen LogP contribution in [0.5, 0.6) is 5.75 Å². The van der Waals surface area contributed by atoms with Crippen LogP contribution in [0, 0.1) is 0 Å². The highest BCUT2D eigenvalue weighted by Gasteiger charge is 2.27. The molecule has 146 valence electrons. The van der Waals surface area contributed by atoms with Gasteiger partial charge in [0.1, 0.15) is 5.75 Å². The van der Waals surface area contributed by atoms with E-state index in [-0.39, 0.29) is 24.2 Å². The maximum atomic E-state index is 13.3. The normalized spacial score (nSPS) is 15.9. The molecule has 1 aliphatic heterocycles. The quantitative estimate of drug-likeness (QED) is 0.667. The number of thioether (sulfide) groups is 1. The molecule has 0 spiro atoms. The first kappa shape index (κ1) is 20.4. The topological polar surface area (TPSA) is 59.0 Å². The fourth-order valence-electron chi connectivity index (χ4n) is 2.91. The standard InChI is InChI=1S/C21H21ClN2O3S/c1-13-12-28-21(23-13)24(18-7-5-17(22)6-8-18)20(26)11-16-10-15(14(2)25)4-9-19(16)27-3/h4-10,13H,11-12H2,1-3H3/t13-/m0/s1. The van der Waals surface area contributed by atoms with Crippen LogP contribution in [0.15, 0.2) is 47.5 Å². The van der Waals surface area contributed by atoms with E-state index in [0.29, 0.717) is 32.8 Å². The van der Waals surface area contributed by atoms with Gasteiger partial charge in [0.25, 0.3) is 0 Å². The summed E-state index contributed by atoms with van der Waals surface area (Å²) >= 11 is 7.56. The molecule has 0 aromatic heterocycles. The molecule has 0 unspecified atom stereocenters. The van der Waals surface area contributed by atoms with Crippen LogP contribution in [-0.4, -0.2) is 35.8 Å². The van der Waals surface area contributed by atoms with E-state index in [1.165, 1.54) is 6.92 Å². The number of ketones is 1. The molecule has 1 aliphatic rings. The van der Waals surface area contributed by atoms with Gasteiger partial charge in [-0.2, -0.15) is 0 Å². The Balaban J connectivity index is 1.96. The predicted octanol–water partition coefficient (Wildman–Crippen LogP) is 4.62. The zero-order chi connectivity index (χ0) is 20.3. The monoisotopic (exact) mass is 416 g/mol. The molecule has 0 radical (unpaired) electrons. The van der Waals surface area contributed by atoms with Crippen molar-refractivity contribution >= 4 is 45.9 Å². The molecule has 1 heterocycles. The summed E-state index contributed by atoms with van der Waals surface area (Å²) in [6.45, 7) is 3.52. The third-order valence-corrected chi connectivity index (χ3v) is 5.79. The molecule has 28 heavy (non-hydrogen) atoms. The second-order valence-electron chi connectivity index (χ2n) is 6.54. The lowest BCUT2D eigenvalue weighted by Crippen LogP contribution is -2.36. The molecule has 0 fully saturated rings. The van der Waals surface area contributed by atoms with E-state index in [1.807, 2.05) is 6.92 Å². The highest BCUT2D eigenvalue weighted by Crippen LogP contribution is 2.29. The van der Waals surface area contributed by atoms with Crippen molar-refractivity contribution in [3.05, 3.63) is 58.6 Å². The van der Waals surface area contributed by atoms with Crippen molar-refractivity contribution in [3.8, 4) is 5.75 Å². The molecule has 2 aromatic rings. The van der Waals surface area contributed by atoms with Crippen LogP contribution in [-0.2, 0) is 11.2 Å². The Morgan fingerprint density at radius 3 is 2.54 bits per heavy atom. The van der Waals surface area contributed by atoms with E-state index >= 15 is 0 Å². The molecular weight excluding hydrogens is 396 g/mol. The zero-order valence-corrected chi connectivity index (χ0v) is 17.5. The Labute approximate surface area is 173 Å². The van der Waals surface area contributed by atoms with Crippen LogP contribution < -0.4 is 9.64 Å². The number of Topliss-reactive ketones (excluding diaryl/α,β-unsaturated/α-hetero) is 1. The van der Waals surface area contributed by atoms with Crippen molar-refractivity contribution in [1.82, 2.24) is 0 Å². The summed E-state index contributed by atoms with van der Waals surface area (Å²) in [5.74, 6) is 1.19. The van der Waals surface area contributed by atoms with E-state index < -0.39 is 0 Å². The average molecular weight is 417 g/mol. The summed E-state index contributed by atoms with van der Waals surface area (Å²) in [5.41, 5.74) is 1.91. The van der Waals surface area contributed by atoms with Crippen LogP contribution in [0.3, 0.4) is 0 Å². The molecule has 0 bridgehead atoms. The Hall–Kier alpha value is -2.31.